The molecule has 29 heavy (non-hydrogen) atoms. The standard InChI is InChI=1S/C20H21Cl2N3O4/c1-29-19-7-5-15(25(27)28)10-18(19)23-20(26)14-3-2-8-24(12-14)11-13-4-6-16(21)17(22)9-13/h4-7,9-10,14H,2-3,8,11-12H2,1H3,(H,23,26). The summed E-state index contributed by atoms with van der Waals surface area (Å²) in [5, 5.41) is 14.8. The van der Waals surface area contributed by atoms with E-state index in [9.17, 15) is 14.9 Å². The number of nitro benzene ring substituents is 1. The Bertz CT molecular complexity index is 923. The first-order valence-corrected chi connectivity index (χ1v) is 9.92. The van der Waals surface area contributed by atoms with Crippen molar-refractivity contribution < 1.29 is 14.5 Å². The fourth-order valence-corrected chi connectivity index (χ4v) is 3.77. The molecule has 1 aliphatic heterocycles. The number of methoxy groups -OCH3 is 1. The van der Waals surface area contributed by atoms with Gasteiger partial charge in [0.1, 0.15) is 5.75 Å². The second-order valence-corrected chi connectivity index (χ2v) is 7.77. The fraction of sp³-hybridized carbons (Fsp3) is 0.350. The third-order valence-corrected chi connectivity index (χ3v) is 5.66. The van der Waals surface area contributed by atoms with Crippen LogP contribution < -0.4 is 10.1 Å². The van der Waals surface area contributed by atoms with Crippen molar-refractivity contribution in [3.63, 3.8) is 0 Å². The lowest BCUT2D eigenvalue weighted by molar-refractivity contribution is -0.384. The molecule has 3 rings (SSSR count). The van der Waals surface area contributed by atoms with E-state index < -0.39 is 4.92 Å². The van der Waals surface area contributed by atoms with Gasteiger partial charge in [-0.2, -0.15) is 0 Å². The highest BCUT2D eigenvalue weighted by molar-refractivity contribution is 6.42. The van der Waals surface area contributed by atoms with Crippen molar-refractivity contribution in [1.29, 1.82) is 0 Å². The predicted molar refractivity (Wildman–Crippen MR) is 113 cm³/mol. The van der Waals surface area contributed by atoms with Crippen LogP contribution in [0.15, 0.2) is 36.4 Å². The van der Waals surface area contributed by atoms with Crippen LogP contribution in [0.1, 0.15) is 18.4 Å². The van der Waals surface area contributed by atoms with E-state index in [1.165, 1.54) is 25.3 Å². The molecule has 1 fully saturated rings. The molecule has 0 bridgehead atoms. The van der Waals surface area contributed by atoms with Crippen molar-refractivity contribution in [2.75, 3.05) is 25.5 Å². The summed E-state index contributed by atoms with van der Waals surface area (Å²) < 4.78 is 5.22. The van der Waals surface area contributed by atoms with Gasteiger partial charge < -0.3 is 10.1 Å². The molecular formula is C20H21Cl2N3O4. The van der Waals surface area contributed by atoms with Gasteiger partial charge in [-0.25, -0.2) is 0 Å². The maximum absolute atomic E-state index is 12.8. The Morgan fingerprint density at radius 2 is 2.07 bits per heavy atom. The number of carbonyl (C=O) groups excluding carboxylic acids is 1. The number of halogens is 2. The topological polar surface area (TPSA) is 84.7 Å². The minimum absolute atomic E-state index is 0.106. The molecule has 0 saturated carbocycles. The summed E-state index contributed by atoms with van der Waals surface area (Å²) in [4.78, 5) is 25.5. The number of hydrogen-bond donors (Lipinski definition) is 1. The number of piperidine rings is 1. The highest BCUT2D eigenvalue weighted by Crippen LogP contribution is 2.30. The zero-order chi connectivity index (χ0) is 21.0. The van der Waals surface area contributed by atoms with Crippen LogP contribution in [0.3, 0.4) is 0 Å². The number of amides is 1. The van der Waals surface area contributed by atoms with Crippen molar-refractivity contribution in [3.8, 4) is 5.75 Å². The molecule has 1 N–H and O–H groups in total. The molecule has 2 aromatic carbocycles. The van der Waals surface area contributed by atoms with Gasteiger partial charge in [0.25, 0.3) is 5.69 Å². The van der Waals surface area contributed by atoms with Crippen LogP contribution in [0.5, 0.6) is 5.75 Å². The van der Waals surface area contributed by atoms with Gasteiger partial charge >= 0.3 is 0 Å². The molecule has 0 aromatic heterocycles. The summed E-state index contributed by atoms with van der Waals surface area (Å²) in [6.07, 6.45) is 1.63. The van der Waals surface area contributed by atoms with Crippen molar-refractivity contribution >= 4 is 40.5 Å². The van der Waals surface area contributed by atoms with Crippen molar-refractivity contribution in [3.05, 3.63) is 62.1 Å². The Balaban J connectivity index is 1.67. The van der Waals surface area contributed by atoms with Gasteiger partial charge in [-0.1, -0.05) is 29.3 Å². The highest BCUT2D eigenvalue weighted by Gasteiger charge is 2.27. The molecule has 1 unspecified atom stereocenters. The Labute approximate surface area is 178 Å². The Hall–Kier alpha value is -2.35. The average Bonchev–Trinajstić information content (AvgIpc) is 2.71. The molecule has 1 atom stereocenters. The number of nitro groups is 1. The lowest BCUT2D eigenvalue weighted by Gasteiger charge is -2.32. The number of non-ortho nitro benzene ring substituents is 1. The third-order valence-electron chi connectivity index (χ3n) is 4.92. The first-order valence-electron chi connectivity index (χ1n) is 9.17. The first-order chi connectivity index (χ1) is 13.9. The zero-order valence-corrected chi connectivity index (χ0v) is 17.4. The predicted octanol–water partition coefficient (Wildman–Crippen LogP) is 4.76. The summed E-state index contributed by atoms with van der Waals surface area (Å²) in [6, 6.07) is 9.65. The van der Waals surface area contributed by atoms with Gasteiger partial charge in [0.05, 0.1) is 33.7 Å². The van der Waals surface area contributed by atoms with E-state index >= 15 is 0 Å². The first kappa shape index (κ1) is 21.4. The summed E-state index contributed by atoms with van der Waals surface area (Å²) in [5.41, 5.74) is 1.22. The lowest BCUT2D eigenvalue weighted by Crippen LogP contribution is -2.40. The van der Waals surface area contributed by atoms with Gasteiger partial charge in [-0.05, 0) is 43.1 Å². The molecule has 2 aromatic rings. The molecule has 1 heterocycles. The van der Waals surface area contributed by atoms with Crippen LogP contribution in [0.25, 0.3) is 0 Å². The van der Waals surface area contributed by atoms with Crippen molar-refractivity contribution in [2.24, 2.45) is 5.92 Å². The summed E-state index contributed by atoms with van der Waals surface area (Å²) in [5.74, 6) is -0.0226. The van der Waals surface area contributed by atoms with Gasteiger partial charge in [0.15, 0.2) is 0 Å². The largest absolute Gasteiger partial charge is 0.495 e. The van der Waals surface area contributed by atoms with Crippen molar-refractivity contribution in [2.45, 2.75) is 19.4 Å². The minimum Gasteiger partial charge on any atom is -0.495 e. The van der Waals surface area contributed by atoms with Gasteiger partial charge in [0, 0.05) is 25.2 Å². The number of hydrogen-bond acceptors (Lipinski definition) is 5. The number of rotatable bonds is 6. The number of nitrogens with zero attached hydrogens (tertiary/aromatic N) is 2. The number of benzene rings is 2. The number of nitrogens with one attached hydrogen (secondary N) is 1. The van der Waals surface area contributed by atoms with E-state index in [1.807, 2.05) is 12.1 Å². The summed E-state index contributed by atoms with van der Waals surface area (Å²) >= 11 is 12.1. The summed E-state index contributed by atoms with van der Waals surface area (Å²) in [7, 11) is 1.45. The number of anilines is 1. The molecule has 1 aliphatic rings. The number of likely N-dealkylation sites (tertiary alicyclic amines) is 1. The van der Waals surface area contributed by atoms with Crippen LogP contribution >= 0.6 is 23.2 Å². The maximum atomic E-state index is 12.8. The zero-order valence-electron chi connectivity index (χ0n) is 15.9. The quantitative estimate of drug-likeness (QED) is 0.519. The van der Waals surface area contributed by atoms with E-state index in [0.717, 1.165) is 24.9 Å². The SMILES string of the molecule is COc1ccc([N+](=O)[O-])cc1NC(=O)C1CCCN(Cc2ccc(Cl)c(Cl)c2)C1. The Morgan fingerprint density at radius 3 is 2.76 bits per heavy atom. The Kier molecular flexibility index (Phi) is 6.95. The molecule has 7 nitrogen and oxygen atoms in total. The van der Waals surface area contributed by atoms with Crippen LogP contribution in [0, 0.1) is 16.0 Å². The third kappa shape index (κ3) is 5.38. The molecule has 9 heteroatoms. The summed E-state index contributed by atoms with van der Waals surface area (Å²) in [6.45, 7) is 2.13. The van der Waals surface area contributed by atoms with Crippen LogP contribution in [0.2, 0.25) is 10.0 Å². The van der Waals surface area contributed by atoms with Crippen LogP contribution in [0.4, 0.5) is 11.4 Å². The van der Waals surface area contributed by atoms with E-state index in [2.05, 4.69) is 10.2 Å². The van der Waals surface area contributed by atoms with Gasteiger partial charge in [0.2, 0.25) is 5.91 Å². The molecular weight excluding hydrogens is 417 g/mol. The maximum Gasteiger partial charge on any atom is 0.271 e. The second kappa shape index (κ2) is 9.43. The molecule has 154 valence electrons. The van der Waals surface area contributed by atoms with E-state index in [4.69, 9.17) is 27.9 Å². The number of ether oxygens (including phenoxy) is 1. The molecule has 0 spiro atoms. The monoisotopic (exact) mass is 437 g/mol. The van der Waals surface area contributed by atoms with Crippen LogP contribution in [-0.2, 0) is 11.3 Å². The van der Waals surface area contributed by atoms with Crippen LogP contribution in [-0.4, -0.2) is 35.9 Å². The van der Waals surface area contributed by atoms with Gasteiger partial charge in [-0.3, -0.25) is 19.8 Å². The minimum atomic E-state index is -0.505. The smallest absolute Gasteiger partial charge is 0.271 e. The molecule has 0 aliphatic carbocycles. The van der Waals surface area contributed by atoms with E-state index in [-0.39, 0.29) is 17.5 Å². The normalized spacial score (nSPS) is 17.0. The van der Waals surface area contributed by atoms with Crippen molar-refractivity contribution in [1.82, 2.24) is 4.90 Å². The Morgan fingerprint density at radius 1 is 1.28 bits per heavy atom. The van der Waals surface area contributed by atoms with E-state index in [1.54, 1.807) is 6.07 Å². The molecule has 1 amide bonds. The molecule has 0 radical (unpaired) electrons. The molecule has 1 saturated heterocycles. The van der Waals surface area contributed by atoms with E-state index in [0.29, 0.717) is 34.6 Å². The average molecular weight is 438 g/mol. The van der Waals surface area contributed by atoms with Gasteiger partial charge in [-0.15, -0.1) is 0 Å². The highest BCUT2D eigenvalue weighted by atomic mass is 35.5. The lowest BCUT2D eigenvalue weighted by atomic mass is 9.96. The fourth-order valence-electron chi connectivity index (χ4n) is 3.45. The second-order valence-electron chi connectivity index (χ2n) is 6.95. The number of carbonyl (C=O) groups is 1.